The number of amides is 1. The molecule has 1 fully saturated rings. The van der Waals surface area contributed by atoms with Gasteiger partial charge in [0.2, 0.25) is 5.91 Å². The molecule has 1 atom stereocenters. The number of carboxylic acids is 1. The lowest BCUT2D eigenvalue weighted by Gasteiger charge is -2.34. The van der Waals surface area contributed by atoms with Crippen LogP contribution in [0.1, 0.15) is 29.1 Å². The molecule has 0 aromatic carbocycles. The molecule has 1 saturated heterocycles. The molecule has 2 heterocycles. The molecule has 0 bridgehead atoms. The van der Waals surface area contributed by atoms with E-state index < -0.39 is 5.97 Å². The minimum atomic E-state index is -0.920. The highest BCUT2D eigenvalue weighted by Gasteiger charge is 2.30. The van der Waals surface area contributed by atoms with Crippen molar-refractivity contribution >= 4 is 23.2 Å². The van der Waals surface area contributed by atoms with Gasteiger partial charge in [-0.1, -0.05) is 0 Å². The predicted octanol–water partition coefficient (Wildman–Crippen LogP) is 1.17. The Balaban J connectivity index is 2.10. The molecule has 7 heteroatoms. The Morgan fingerprint density at radius 1 is 1.57 bits per heavy atom. The van der Waals surface area contributed by atoms with Crippen LogP contribution in [0, 0.1) is 0 Å². The molecule has 0 spiro atoms. The number of aromatic carboxylic acids is 1. The van der Waals surface area contributed by atoms with Crippen molar-refractivity contribution < 1.29 is 19.4 Å². The van der Waals surface area contributed by atoms with E-state index in [0.717, 1.165) is 5.56 Å². The molecule has 6 nitrogen and oxygen atoms in total. The van der Waals surface area contributed by atoms with E-state index >= 15 is 0 Å². The highest BCUT2D eigenvalue weighted by molar-refractivity contribution is 7.12. The number of carbonyl (C=O) groups is 2. The number of hydrogen-bond acceptors (Lipinski definition) is 5. The molecule has 1 aliphatic rings. The maximum Gasteiger partial charge on any atom is 0.346 e. The number of carbonyl (C=O) groups excluding carboxylic acids is 1. The van der Waals surface area contributed by atoms with Crippen molar-refractivity contribution in [1.29, 1.82) is 0 Å². The van der Waals surface area contributed by atoms with Crippen molar-refractivity contribution in [3.8, 4) is 0 Å². The topological polar surface area (TPSA) is 78.9 Å². The number of rotatable bonds is 5. The van der Waals surface area contributed by atoms with Crippen LogP contribution in [-0.4, -0.2) is 53.7 Å². The van der Waals surface area contributed by atoms with Gasteiger partial charge in [-0.3, -0.25) is 9.69 Å². The number of hydrogen-bond donors (Lipinski definition) is 2. The van der Waals surface area contributed by atoms with Crippen LogP contribution in [0.15, 0.2) is 11.4 Å². The molecular weight excluding hydrogens is 292 g/mol. The Kier molecular flexibility index (Phi) is 5.33. The third-order valence-electron chi connectivity index (χ3n) is 3.29. The maximum absolute atomic E-state index is 12.2. The van der Waals surface area contributed by atoms with E-state index in [0.29, 0.717) is 31.2 Å². The smallest absolute Gasteiger partial charge is 0.346 e. The fraction of sp³-hybridized carbons (Fsp3) is 0.571. The highest BCUT2D eigenvalue weighted by atomic mass is 32.1. The largest absolute Gasteiger partial charge is 0.477 e. The zero-order valence-corrected chi connectivity index (χ0v) is 13.0. The van der Waals surface area contributed by atoms with Gasteiger partial charge in [0, 0.05) is 19.1 Å². The van der Waals surface area contributed by atoms with Gasteiger partial charge in [0.05, 0.1) is 13.2 Å². The maximum atomic E-state index is 12.2. The Hall–Kier alpha value is -1.44. The van der Waals surface area contributed by atoms with Gasteiger partial charge in [-0.15, -0.1) is 11.3 Å². The summed E-state index contributed by atoms with van der Waals surface area (Å²) in [6.07, 6.45) is 0. The molecule has 2 N–H and O–H groups in total. The van der Waals surface area contributed by atoms with E-state index in [1.807, 2.05) is 18.7 Å². The van der Waals surface area contributed by atoms with Crippen LogP contribution in [-0.2, 0) is 16.1 Å². The van der Waals surface area contributed by atoms with Crippen LogP contribution >= 0.6 is 11.3 Å². The van der Waals surface area contributed by atoms with Gasteiger partial charge >= 0.3 is 5.97 Å². The van der Waals surface area contributed by atoms with Crippen LogP contribution in [0.3, 0.4) is 0 Å². The molecule has 2 rings (SSSR count). The average molecular weight is 312 g/mol. The van der Waals surface area contributed by atoms with E-state index in [1.54, 1.807) is 11.4 Å². The van der Waals surface area contributed by atoms with Gasteiger partial charge in [0.1, 0.15) is 10.9 Å². The molecule has 116 valence electrons. The lowest BCUT2D eigenvalue weighted by atomic mass is 10.1. The fourth-order valence-corrected chi connectivity index (χ4v) is 3.07. The third-order valence-corrected chi connectivity index (χ3v) is 4.23. The summed E-state index contributed by atoms with van der Waals surface area (Å²) in [5.74, 6) is -0.992. The summed E-state index contributed by atoms with van der Waals surface area (Å²) < 4.78 is 5.40. The second-order valence-electron chi connectivity index (χ2n) is 5.30. The second-order valence-corrected chi connectivity index (χ2v) is 6.22. The minimum absolute atomic E-state index is 0.0667. The van der Waals surface area contributed by atoms with Crippen molar-refractivity contribution in [2.24, 2.45) is 0 Å². The Labute approximate surface area is 127 Å². The first-order valence-corrected chi connectivity index (χ1v) is 7.79. The number of thiophene rings is 1. The Bertz CT molecular complexity index is 515. The zero-order chi connectivity index (χ0) is 15.4. The second kappa shape index (κ2) is 7.02. The molecule has 0 saturated carbocycles. The van der Waals surface area contributed by atoms with Gasteiger partial charge in [-0.25, -0.2) is 4.79 Å². The molecule has 1 aromatic rings. The summed E-state index contributed by atoms with van der Waals surface area (Å²) >= 11 is 1.21. The zero-order valence-electron chi connectivity index (χ0n) is 12.2. The highest BCUT2D eigenvalue weighted by Crippen LogP contribution is 2.21. The van der Waals surface area contributed by atoms with Gasteiger partial charge < -0.3 is 15.2 Å². The van der Waals surface area contributed by atoms with Crippen LogP contribution in [0.25, 0.3) is 0 Å². The standard InChI is InChI=1S/C14H20N2O4S/c1-9(2)15-13(17)11-8-20-5-4-16(11)7-10-3-6-21-12(10)14(18)19/h3,6,9,11H,4-5,7-8H2,1-2H3,(H,15,17)(H,18,19). The predicted molar refractivity (Wildman–Crippen MR) is 79.6 cm³/mol. The number of nitrogens with zero attached hydrogens (tertiary/aromatic N) is 1. The van der Waals surface area contributed by atoms with Gasteiger partial charge in [0.15, 0.2) is 0 Å². The first kappa shape index (κ1) is 15.9. The average Bonchev–Trinajstić information content (AvgIpc) is 2.87. The summed E-state index contributed by atoms with van der Waals surface area (Å²) in [5, 5.41) is 13.8. The lowest BCUT2D eigenvalue weighted by Crippen LogP contribution is -2.54. The van der Waals surface area contributed by atoms with E-state index in [2.05, 4.69) is 5.32 Å². The van der Waals surface area contributed by atoms with Crippen LogP contribution < -0.4 is 5.32 Å². The number of carboxylic acid groups (broad SMARTS) is 1. The first-order valence-electron chi connectivity index (χ1n) is 6.91. The summed E-state index contributed by atoms with van der Waals surface area (Å²) in [5.41, 5.74) is 0.747. The SMILES string of the molecule is CC(C)NC(=O)C1COCCN1Cc1ccsc1C(=O)O. The van der Waals surface area contributed by atoms with Crippen molar-refractivity contribution in [2.75, 3.05) is 19.8 Å². The quantitative estimate of drug-likeness (QED) is 0.853. The molecule has 1 unspecified atom stereocenters. The van der Waals surface area contributed by atoms with E-state index in [4.69, 9.17) is 9.84 Å². The number of ether oxygens (including phenoxy) is 1. The van der Waals surface area contributed by atoms with Crippen molar-refractivity contribution in [2.45, 2.75) is 32.5 Å². The lowest BCUT2D eigenvalue weighted by molar-refractivity contribution is -0.133. The van der Waals surface area contributed by atoms with E-state index in [1.165, 1.54) is 11.3 Å². The summed E-state index contributed by atoms with van der Waals surface area (Å²) in [6, 6.07) is 1.50. The monoisotopic (exact) mass is 312 g/mol. The van der Waals surface area contributed by atoms with Gasteiger partial charge in [-0.05, 0) is 30.9 Å². The third kappa shape index (κ3) is 4.03. The Morgan fingerprint density at radius 3 is 3.00 bits per heavy atom. The Morgan fingerprint density at radius 2 is 2.33 bits per heavy atom. The minimum Gasteiger partial charge on any atom is -0.477 e. The number of morpholine rings is 1. The molecule has 0 radical (unpaired) electrons. The normalized spacial score (nSPS) is 19.7. The summed E-state index contributed by atoms with van der Waals surface area (Å²) in [7, 11) is 0. The van der Waals surface area contributed by atoms with E-state index in [-0.39, 0.29) is 18.0 Å². The van der Waals surface area contributed by atoms with Crippen molar-refractivity contribution in [1.82, 2.24) is 10.2 Å². The molecule has 1 amide bonds. The van der Waals surface area contributed by atoms with Gasteiger partial charge in [0.25, 0.3) is 0 Å². The van der Waals surface area contributed by atoms with Crippen molar-refractivity contribution in [3.63, 3.8) is 0 Å². The van der Waals surface area contributed by atoms with Crippen LogP contribution in [0.4, 0.5) is 0 Å². The van der Waals surface area contributed by atoms with Gasteiger partial charge in [-0.2, -0.15) is 0 Å². The number of nitrogens with one attached hydrogen (secondary N) is 1. The molecule has 1 aromatic heterocycles. The van der Waals surface area contributed by atoms with E-state index in [9.17, 15) is 9.59 Å². The molecular formula is C14H20N2O4S. The molecule has 1 aliphatic heterocycles. The summed E-state index contributed by atoms with van der Waals surface area (Å²) in [6.45, 7) is 5.78. The van der Waals surface area contributed by atoms with Crippen LogP contribution in [0.2, 0.25) is 0 Å². The molecule has 0 aliphatic carbocycles. The van der Waals surface area contributed by atoms with Crippen LogP contribution in [0.5, 0.6) is 0 Å². The summed E-state index contributed by atoms with van der Waals surface area (Å²) in [4.78, 5) is 25.7. The van der Waals surface area contributed by atoms with Crippen molar-refractivity contribution in [3.05, 3.63) is 21.9 Å². The fourth-order valence-electron chi connectivity index (χ4n) is 2.32. The molecule has 21 heavy (non-hydrogen) atoms. The first-order chi connectivity index (χ1) is 9.99.